The highest BCUT2D eigenvalue weighted by atomic mass is 16.2. The van der Waals surface area contributed by atoms with Gasteiger partial charge in [0, 0.05) is 30.4 Å². The molecule has 7 nitrogen and oxygen atoms in total. The molecule has 138 valence electrons. The van der Waals surface area contributed by atoms with Crippen LogP contribution in [0.1, 0.15) is 29.8 Å². The first-order valence-corrected chi connectivity index (χ1v) is 8.40. The van der Waals surface area contributed by atoms with Crippen molar-refractivity contribution in [2.45, 2.75) is 13.8 Å². The van der Waals surface area contributed by atoms with Gasteiger partial charge in [-0.25, -0.2) is 0 Å². The van der Waals surface area contributed by atoms with Gasteiger partial charge < -0.3 is 15.5 Å². The number of carbonyl (C=O) groups excluding carboxylic acids is 3. The molecule has 27 heavy (non-hydrogen) atoms. The number of hydrogen-bond acceptors (Lipinski definition) is 4. The molecule has 2 aromatic carbocycles. The van der Waals surface area contributed by atoms with Crippen molar-refractivity contribution in [2.24, 2.45) is 0 Å². The number of nitriles is 1. The van der Waals surface area contributed by atoms with E-state index in [4.69, 9.17) is 5.26 Å². The molecular formula is C20H20N4O3. The normalized spacial score (nSPS) is 9.81. The van der Waals surface area contributed by atoms with Crippen LogP contribution in [0.5, 0.6) is 0 Å². The first-order valence-electron chi connectivity index (χ1n) is 8.40. The van der Waals surface area contributed by atoms with Crippen LogP contribution in [0, 0.1) is 11.3 Å². The van der Waals surface area contributed by atoms with E-state index in [0.717, 1.165) is 0 Å². The van der Waals surface area contributed by atoms with Gasteiger partial charge in [-0.1, -0.05) is 0 Å². The van der Waals surface area contributed by atoms with Crippen molar-refractivity contribution < 1.29 is 14.4 Å². The van der Waals surface area contributed by atoms with Gasteiger partial charge in [0.1, 0.15) is 6.54 Å². The molecule has 2 rings (SSSR count). The van der Waals surface area contributed by atoms with Crippen molar-refractivity contribution in [1.82, 2.24) is 4.90 Å². The summed E-state index contributed by atoms with van der Waals surface area (Å²) in [5.41, 5.74) is 2.08. The Morgan fingerprint density at radius 3 is 2.00 bits per heavy atom. The summed E-state index contributed by atoms with van der Waals surface area (Å²) >= 11 is 0. The Morgan fingerprint density at radius 1 is 0.963 bits per heavy atom. The largest absolute Gasteiger partial charge is 0.330 e. The van der Waals surface area contributed by atoms with Crippen molar-refractivity contribution in [3.8, 4) is 6.07 Å². The molecule has 0 atom stereocenters. The highest BCUT2D eigenvalue weighted by Gasteiger charge is 2.17. The molecule has 0 radical (unpaired) electrons. The molecular weight excluding hydrogens is 344 g/mol. The molecule has 0 aliphatic carbocycles. The topological polar surface area (TPSA) is 102 Å². The van der Waals surface area contributed by atoms with E-state index in [1.807, 2.05) is 6.07 Å². The summed E-state index contributed by atoms with van der Waals surface area (Å²) < 4.78 is 0. The van der Waals surface area contributed by atoms with Crippen molar-refractivity contribution >= 4 is 29.1 Å². The fraction of sp³-hybridized carbons (Fsp3) is 0.200. The van der Waals surface area contributed by atoms with Crippen LogP contribution in [0.25, 0.3) is 0 Å². The number of anilines is 2. The Hall–Kier alpha value is -3.66. The van der Waals surface area contributed by atoms with E-state index >= 15 is 0 Å². The van der Waals surface area contributed by atoms with Crippen LogP contribution in [0.15, 0.2) is 48.5 Å². The van der Waals surface area contributed by atoms with Crippen LogP contribution < -0.4 is 10.6 Å². The standard InChI is InChI=1S/C20H20N4O3/c1-3-24(20(27)16-6-4-15(12-21)5-7-16)13-19(26)23-18-10-8-17(9-11-18)22-14(2)25/h4-11H,3,13H2,1-2H3,(H,22,25)(H,23,26). The number of nitrogens with zero attached hydrogens (tertiary/aromatic N) is 2. The second-order valence-electron chi connectivity index (χ2n) is 5.82. The second-order valence-corrected chi connectivity index (χ2v) is 5.82. The number of amides is 3. The molecule has 7 heteroatoms. The molecule has 0 saturated heterocycles. The zero-order valence-corrected chi connectivity index (χ0v) is 15.2. The molecule has 0 unspecified atom stereocenters. The van der Waals surface area contributed by atoms with Crippen molar-refractivity contribution in [1.29, 1.82) is 5.26 Å². The lowest BCUT2D eigenvalue weighted by Crippen LogP contribution is -2.37. The Labute approximate surface area is 157 Å². The quantitative estimate of drug-likeness (QED) is 0.822. The third kappa shape index (κ3) is 5.68. The van der Waals surface area contributed by atoms with Gasteiger partial charge in [0.25, 0.3) is 5.91 Å². The third-order valence-electron chi connectivity index (χ3n) is 3.75. The van der Waals surface area contributed by atoms with Gasteiger partial charge in [0.2, 0.25) is 11.8 Å². The minimum Gasteiger partial charge on any atom is -0.330 e. The van der Waals surface area contributed by atoms with Gasteiger partial charge >= 0.3 is 0 Å². The molecule has 2 N–H and O–H groups in total. The summed E-state index contributed by atoms with van der Waals surface area (Å²) in [5.74, 6) is -0.782. The molecule has 0 heterocycles. The number of carbonyl (C=O) groups is 3. The van der Waals surface area contributed by atoms with Crippen molar-refractivity contribution in [2.75, 3.05) is 23.7 Å². The Kier molecular flexibility index (Phi) is 6.67. The van der Waals surface area contributed by atoms with Gasteiger partial charge in [-0.3, -0.25) is 14.4 Å². The summed E-state index contributed by atoms with van der Waals surface area (Å²) in [6, 6.07) is 15.0. The van der Waals surface area contributed by atoms with Crippen LogP contribution in [-0.2, 0) is 9.59 Å². The van der Waals surface area contributed by atoms with Gasteiger partial charge in [-0.05, 0) is 55.5 Å². The average molecular weight is 364 g/mol. The summed E-state index contributed by atoms with van der Waals surface area (Å²) in [6.07, 6.45) is 0. The summed E-state index contributed by atoms with van der Waals surface area (Å²) in [5, 5.41) is 14.2. The Balaban J connectivity index is 1.98. The van der Waals surface area contributed by atoms with E-state index in [2.05, 4.69) is 10.6 Å². The van der Waals surface area contributed by atoms with Gasteiger partial charge in [-0.15, -0.1) is 0 Å². The fourth-order valence-electron chi connectivity index (χ4n) is 2.41. The molecule has 3 amide bonds. The van der Waals surface area contributed by atoms with Crippen LogP contribution in [0.3, 0.4) is 0 Å². The SMILES string of the molecule is CCN(CC(=O)Nc1ccc(NC(C)=O)cc1)C(=O)c1ccc(C#N)cc1. The summed E-state index contributed by atoms with van der Waals surface area (Å²) in [4.78, 5) is 37.2. The van der Waals surface area contributed by atoms with Crippen LogP contribution in [-0.4, -0.2) is 35.7 Å². The lowest BCUT2D eigenvalue weighted by molar-refractivity contribution is -0.117. The van der Waals surface area contributed by atoms with E-state index in [1.54, 1.807) is 55.5 Å². The van der Waals surface area contributed by atoms with Gasteiger partial charge in [-0.2, -0.15) is 5.26 Å². The van der Waals surface area contributed by atoms with E-state index in [0.29, 0.717) is 29.0 Å². The minimum absolute atomic E-state index is 0.0945. The maximum atomic E-state index is 12.5. The predicted octanol–water partition coefficient (Wildman–Crippen LogP) is 2.62. The van der Waals surface area contributed by atoms with E-state index in [9.17, 15) is 14.4 Å². The zero-order chi connectivity index (χ0) is 19.8. The lowest BCUT2D eigenvalue weighted by Gasteiger charge is -2.20. The summed E-state index contributed by atoms with van der Waals surface area (Å²) in [7, 11) is 0. The van der Waals surface area contributed by atoms with Crippen molar-refractivity contribution in [3.63, 3.8) is 0 Å². The monoisotopic (exact) mass is 364 g/mol. The van der Waals surface area contributed by atoms with Gasteiger partial charge in [0.05, 0.1) is 11.6 Å². The zero-order valence-electron chi connectivity index (χ0n) is 15.2. The van der Waals surface area contributed by atoms with Crippen LogP contribution in [0.2, 0.25) is 0 Å². The lowest BCUT2D eigenvalue weighted by atomic mass is 10.1. The highest BCUT2D eigenvalue weighted by molar-refractivity contribution is 5.99. The average Bonchev–Trinajstić information content (AvgIpc) is 2.67. The molecule has 0 bridgehead atoms. The highest BCUT2D eigenvalue weighted by Crippen LogP contribution is 2.14. The maximum Gasteiger partial charge on any atom is 0.254 e. The number of nitrogens with one attached hydrogen (secondary N) is 2. The fourth-order valence-corrected chi connectivity index (χ4v) is 2.41. The van der Waals surface area contributed by atoms with Crippen LogP contribution >= 0.6 is 0 Å². The first-order chi connectivity index (χ1) is 12.9. The van der Waals surface area contributed by atoms with Crippen molar-refractivity contribution in [3.05, 3.63) is 59.7 Å². The first kappa shape index (κ1) is 19.7. The molecule has 0 aliphatic heterocycles. The summed E-state index contributed by atoms with van der Waals surface area (Å²) in [6.45, 7) is 3.48. The molecule has 2 aromatic rings. The molecule has 0 aromatic heterocycles. The molecule has 0 spiro atoms. The molecule has 0 fully saturated rings. The second kappa shape index (κ2) is 9.15. The molecule has 0 saturated carbocycles. The number of hydrogen-bond donors (Lipinski definition) is 2. The maximum absolute atomic E-state index is 12.5. The third-order valence-corrected chi connectivity index (χ3v) is 3.75. The minimum atomic E-state index is -0.328. The van der Waals surface area contributed by atoms with Gasteiger partial charge in [0.15, 0.2) is 0 Å². The van der Waals surface area contributed by atoms with E-state index in [1.165, 1.54) is 11.8 Å². The van der Waals surface area contributed by atoms with Crippen LogP contribution in [0.4, 0.5) is 11.4 Å². The number of rotatable bonds is 6. The Bertz CT molecular complexity index is 868. The van der Waals surface area contributed by atoms with E-state index < -0.39 is 0 Å². The Morgan fingerprint density at radius 2 is 1.52 bits per heavy atom. The smallest absolute Gasteiger partial charge is 0.254 e. The molecule has 0 aliphatic rings. The number of likely N-dealkylation sites (N-methyl/N-ethyl adjacent to an activating group) is 1. The van der Waals surface area contributed by atoms with E-state index in [-0.39, 0.29) is 24.3 Å². The number of benzene rings is 2. The predicted molar refractivity (Wildman–Crippen MR) is 102 cm³/mol.